The molecule has 2 heterocycles. The number of ether oxygens (including phenoxy) is 1. The second kappa shape index (κ2) is 22.9. The zero-order valence-corrected chi connectivity index (χ0v) is 33.6. The Kier molecular flexibility index (Phi) is 17.5. The number of rotatable bonds is 22. The van der Waals surface area contributed by atoms with Gasteiger partial charge in [-0.15, -0.1) is 0 Å². The number of hydrogen-bond donors (Lipinski definition) is 8. The van der Waals surface area contributed by atoms with Crippen molar-refractivity contribution < 1.29 is 33.5 Å². The number of aromatic nitrogens is 2. The molecule has 1 fully saturated rings. The fourth-order valence-electron chi connectivity index (χ4n) is 6.79. The number of aliphatic imine (C=N–C) groups is 2. The molecule has 1 saturated heterocycles. The number of nitrogens with one attached hydrogen (secondary N) is 3. The van der Waals surface area contributed by atoms with Crippen LogP contribution in [-0.4, -0.2) is 113 Å². The van der Waals surface area contributed by atoms with Crippen LogP contribution in [0.3, 0.4) is 0 Å². The molecule has 0 radical (unpaired) electrons. The van der Waals surface area contributed by atoms with Crippen LogP contribution in [0.2, 0.25) is 0 Å². The average Bonchev–Trinajstić information content (AvgIpc) is 3.95. The summed E-state index contributed by atoms with van der Waals surface area (Å²) >= 11 is 0. The number of carbonyl (C=O) groups is 6. The van der Waals surface area contributed by atoms with Gasteiger partial charge < -0.3 is 58.7 Å². The molecular weight excluding hydrogens is 775 g/mol. The topological polar surface area (TPSA) is 326 Å². The molecule has 0 bridgehead atoms. The first-order chi connectivity index (χ1) is 28.8. The molecule has 4 amide bonds. The van der Waals surface area contributed by atoms with Gasteiger partial charge in [-0.2, -0.15) is 0 Å². The van der Waals surface area contributed by atoms with Crippen molar-refractivity contribution in [1.29, 1.82) is 0 Å². The number of Topliss-reactive ketones (excluding diaryl/α,β-unsaturated/α-hetero) is 1. The van der Waals surface area contributed by atoms with Crippen molar-refractivity contribution in [3.05, 3.63) is 83.9 Å². The first-order valence-electron chi connectivity index (χ1n) is 19.6. The van der Waals surface area contributed by atoms with E-state index in [1.54, 1.807) is 42.5 Å². The molecule has 1 aliphatic rings. The van der Waals surface area contributed by atoms with Crippen molar-refractivity contribution >= 4 is 53.5 Å². The molecule has 1 aromatic heterocycles. The summed E-state index contributed by atoms with van der Waals surface area (Å²) in [6.07, 6.45) is 4.23. The number of anilines is 1. The third kappa shape index (κ3) is 13.4. The Morgan fingerprint density at radius 1 is 0.950 bits per heavy atom. The van der Waals surface area contributed by atoms with Crippen molar-refractivity contribution in [2.24, 2.45) is 38.7 Å². The fraction of sp³-hybridized carbons (Fsp3) is 0.425. The lowest BCUT2D eigenvalue weighted by molar-refractivity contribution is -0.137. The van der Waals surface area contributed by atoms with Crippen molar-refractivity contribution in [3.8, 4) is 0 Å². The summed E-state index contributed by atoms with van der Waals surface area (Å²) in [5, 5.41) is 5.38. The zero-order chi connectivity index (χ0) is 43.6. The van der Waals surface area contributed by atoms with E-state index in [9.17, 15) is 28.8 Å². The molecule has 0 spiro atoms. The fourth-order valence-corrected chi connectivity index (χ4v) is 6.79. The largest absolute Gasteiger partial charge is 0.445 e. The number of H-pyrrole nitrogens is 1. The molecule has 0 unspecified atom stereocenters. The normalized spacial score (nSPS) is 15.4. The van der Waals surface area contributed by atoms with E-state index in [-0.39, 0.29) is 87.9 Å². The number of alkyl carbamates (subject to hydrolysis) is 1. The lowest BCUT2D eigenvalue weighted by Gasteiger charge is -2.33. The Morgan fingerprint density at radius 3 is 2.22 bits per heavy atom. The van der Waals surface area contributed by atoms with Gasteiger partial charge in [0.15, 0.2) is 17.7 Å². The van der Waals surface area contributed by atoms with Crippen LogP contribution in [0.15, 0.2) is 77.1 Å². The van der Waals surface area contributed by atoms with Crippen LogP contribution in [-0.2, 0) is 36.9 Å². The predicted molar refractivity (Wildman–Crippen MR) is 224 cm³/mol. The first-order valence-corrected chi connectivity index (χ1v) is 19.6. The number of aromatic amines is 1. The highest BCUT2D eigenvalue weighted by molar-refractivity contribution is 6.11. The summed E-state index contributed by atoms with van der Waals surface area (Å²) in [7, 11) is 0. The molecule has 4 rings (SSSR count). The Balaban J connectivity index is 1.61. The average molecular weight is 830 g/mol. The van der Waals surface area contributed by atoms with E-state index in [1.165, 1.54) is 35.3 Å². The van der Waals surface area contributed by atoms with Crippen LogP contribution in [0.4, 0.5) is 10.5 Å². The number of aldehydes is 1. The van der Waals surface area contributed by atoms with E-state index in [0.717, 1.165) is 5.56 Å². The molecule has 60 heavy (non-hydrogen) atoms. The summed E-state index contributed by atoms with van der Waals surface area (Å²) in [6, 6.07) is 9.88. The molecule has 3 aromatic rings. The number of ketones is 1. The second-order valence-corrected chi connectivity index (χ2v) is 14.3. The Labute approximate surface area is 347 Å². The maximum absolute atomic E-state index is 14.6. The van der Waals surface area contributed by atoms with Crippen LogP contribution in [0.1, 0.15) is 67.1 Å². The maximum atomic E-state index is 14.6. The van der Waals surface area contributed by atoms with E-state index in [2.05, 4.69) is 30.6 Å². The third-order valence-corrected chi connectivity index (χ3v) is 9.69. The van der Waals surface area contributed by atoms with Crippen molar-refractivity contribution in [3.63, 3.8) is 0 Å². The standard InChI is InChI=1S/C40H55N13O7/c1-25(41)36(57)53(28(22-54)20-27-21-46-24-49-27)32-15-6-5-12-29(32)34(55)33-16-9-19-52(33)37(58)31(14-8-18-48-39(44)45)50-35(56)30(13-7-17-47-38(42)43)51-40(59)60-23-26-10-3-2-4-11-26/h2-6,10-12,15,21-22,24-25,28,30-31,33H,7-9,13-14,16-20,23,41H2,1H3,(H,46,49)(H,50,56)(H,51,59)(H4,42,43,47)(H4,44,45,48)/t25-,28-,30-,31-,33-/m0/s1. The van der Waals surface area contributed by atoms with E-state index >= 15 is 0 Å². The smallest absolute Gasteiger partial charge is 0.408 e. The molecule has 20 heteroatoms. The van der Waals surface area contributed by atoms with Gasteiger partial charge in [0.1, 0.15) is 25.0 Å². The molecular formula is C40H55N13O7. The number of guanidine groups is 2. The summed E-state index contributed by atoms with van der Waals surface area (Å²) in [5.74, 6) is -2.60. The van der Waals surface area contributed by atoms with Gasteiger partial charge in [-0.3, -0.25) is 34.1 Å². The minimum absolute atomic E-state index is 0.0500. The molecule has 13 N–H and O–H groups in total. The van der Waals surface area contributed by atoms with Crippen LogP contribution in [0, 0.1) is 0 Å². The number of nitrogens with two attached hydrogens (primary N) is 5. The van der Waals surface area contributed by atoms with E-state index in [1.807, 2.05) is 6.07 Å². The SMILES string of the molecule is C[C@H](N)C(=O)N(c1ccccc1C(=O)[C@@H]1CCCN1C(=O)[C@H](CCCN=C(N)N)NC(=O)[C@H](CCCN=C(N)N)NC(=O)OCc1ccccc1)[C@H](C=O)Cc1cnc[nH]1. The van der Waals surface area contributed by atoms with Gasteiger partial charge in [0, 0.05) is 43.5 Å². The van der Waals surface area contributed by atoms with Gasteiger partial charge in [-0.25, -0.2) is 9.78 Å². The third-order valence-electron chi connectivity index (χ3n) is 9.69. The van der Waals surface area contributed by atoms with E-state index in [4.69, 9.17) is 33.4 Å². The van der Waals surface area contributed by atoms with Crippen molar-refractivity contribution in [2.75, 3.05) is 24.5 Å². The highest BCUT2D eigenvalue weighted by Gasteiger charge is 2.40. The van der Waals surface area contributed by atoms with E-state index in [0.29, 0.717) is 18.4 Å². The Hall–Kier alpha value is -6.83. The molecule has 0 saturated carbocycles. The number of hydrogen-bond acceptors (Lipinski definition) is 11. The number of likely N-dealkylation sites (tertiary alicyclic amines) is 1. The highest BCUT2D eigenvalue weighted by atomic mass is 16.5. The molecule has 20 nitrogen and oxygen atoms in total. The molecule has 0 aliphatic carbocycles. The molecule has 5 atom stereocenters. The first kappa shape index (κ1) is 45.9. The summed E-state index contributed by atoms with van der Waals surface area (Å²) < 4.78 is 5.37. The van der Waals surface area contributed by atoms with Gasteiger partial charge in [-0.1, -0.05) is 42.5 Å². The summed E-state index contributed by atoms with van der Waals surface area (Å²) in [6.45, 7) is 1.92. The van der Waals surface area contributed by atoms with Crippen LogP contribution in [0.25, 0.3) is 0 Å². The number of para-hydroxylation sites is 1. The molecule has 2 aromatic carbocycles. The molecule has 1 aliphatic heterocycles. The number of nitrogens with zero attached hydrogens (tertiary/aromatic N) is 5. The quantitative estimate of drug-likeness (QED) is 0.0217. The van der Waals surface area contributed by atoms with E-state index < -0.39 is 59.8 Å². The number of benzene rings is 2. The number of amides is 4. The lowest BCUT2D eigenvalue weighted by atomic mass is 9.97. The predicted octanol–water partition coefficient (Wildman–Crippen LogP) is -0.0392. The van der Waals surface area contributed by atoms with Gasteiger partial charge in [0.25, 0.3) is 0 Å². The van der Waals surface area contributed by atoms with Gasteiger partial charge in [0.05, 0.1) is 30.1 Å². The minimum Gasteiger partial charge on any atom is -0.445 e. The van der Waals surface area contributed by atoms with Crippen LogP contribution < -0.4 is 44.2 Å². The second-order valence-electron chi connectivity index (χ2n) is 14.3. The van der Waals surface area contributed by atoms with Crippen LogP contribution >= 0.6 is 0 Å². The Morgan fingerprint density at radius 2 is 1.60 bits per heavy atom. The van der Waals surface area contributed by atoms with Crippen molar-refractivity contribution in [2.45, 2.75) is 88.7 Å². The highest BCUT2D eigenvalue weighted by Crippen LogP contribution is 2.30. The summed E-state index contributed by atoms with van der Waals surface area (Å²) in [5.41, 5.74) is 29.6. The monoisotopic (exact) mass is 829 g/mol. The van der Waals surface area contributed by atoms with Crippen LogP contribution in [0.5, 0.6) is 0 Å². The number of carbonyl (C=O) groups excluding carboxylic acids is 6. The zero-order valence-electron chi connectivity index (χ0n) is 33.6. The van der Waals surface area contributed by atoms with Gasteiger partial charge in [0.2, 0.25) is 17.7 Å². The summed E-state index contributed by atoms with van der Waals surface area (Å²) in [4.78, 5) is 99.7. The van der Waals surface area contributed by atoms with Gasteiger partial charge in [-0.05, 0) is 63.1 Å². The lowest BCUT2D eigenvalue weighted by Crippen LogP contribution is -2.56. The molecule has 322 valence electrons. The van der Waals surface area contributed by atoms with Gasteiger partial charge >= 0.3 is 6.09 Å². The maximum Gasteiger partial charge on any atom is 0.408 e. The minimum atomic E-state index is -1.18. The number of imidazole rings is 1. The van der Waals surface area contributed by atoms with Crippen molar-refractivity contribution in [1.82, 2.24) is 25.5 Å². The Bertz CT molecular complexity index is 1970.